The van der Waals surface area contributed by atoms with Crippen molar-refractivity contribution in [1.82, 2.24) is 9.97 Å². The third kappa shape index (κ3) is 2.90. The molecule has 2 aromatic rings. The van der Waals surface area contributed by atoms with Crippen molar-refractivity contribution in [2.45, 2.75) is 0 Å². The lowest BCUT2D eigenvalue weighted by Gasteiger charge is -2.09. The number of non-ortho nitro benzene ring substituents is 1. The van der Waals surface area contributed by atoms with Crippen LogP contribution in [0.3, 0.4) is 0 Å². The normalized spacial score (nSPS) is 9.90. The molecule has 0 aliphatic heterocycles. The van der Waals surface area contributed by atoms with Crippen LogP contribution >= 0.6 is 0 Å². The maximum atomic E-state index is 10.7. The fourth-order valence-electron chi connectivity index (χ4n) is 1.43. The van der Waals surface area contributed by atoms with Gasteiger partial charge in [-0.25, -0.2) is 5.84 Å². The molecule has 1 aromatic carbocycles. The van der Waals surface area contributed by atoms with E-state index in [1.807, 2.05) is 0 Å². The van der Waals surface area contributed by atoms with E-state index in [0.29, 0.717) is 5.82 Å². The maximum Gasteiger partial charge on any atom is 0.273 e. The van der Waals surface area contributed by atoms with Gasteiger partial charge in [0.1, 0.15) is 0 Å². The van der Waals surface area contributed by atoms with Gasteiger partial charge in [-0.05, 0) is 6.07 Å². The van der Waals surface area contributed by atoms with Crippen LogP contribution in [0.2, 0.25) is 0 Å². The van der Waals surface area contributed by atoms with E-state index in [0.717, 1.165) is 0 Å². The second-order valence-corrected chi connectivity index (χ2v) is 3.58. The van der Waals surface area contributed by atoms with Crippen molar-refractivity contribution in [1.29, 1.82) is 0 Å². The zero-order chi connectivity index (χ0) is 14.5. The minimum Gasteiger partial charge on any atom is -0.493 e. The van der Waals surface area contributed by atoms with Gasteiger partial charge in [0.2, 0.25) is 5.88 Å². The highest BCUT2D eigenvalue weighted by molar-refractivity contribution is 5.49. The number of nitro benzene ring substituents is 1. The molecule has 1 heterocycles. The molecule has 0 fully saturated rings. The maximum absolute atomic E-state index is 10.7. The molecular weight excluding hydrogens is 266 g/mol. The highest BCUT2D eigenvalue weighted by atomic mass is 16.6. The van der Waals surface area contributed by atoms with E-state index in [9.17, 15) is 10.1 Å². The SMILES string of the molecule is COc1cc([N+](=O)[O-])ccc1Oc1cncc(NN)n1. The van der Waals surface area contributed by atoms with Crippen molar-refractivity contribution >= 4 is 11.5 Å². The zero-order valence-corrected chi connectivity index (χ0v) is 10.4. The molecule has 1 aromatic heterocycles. The quantitative estimate of drug-likeness (QED) is 0.478. The number of methoxy groups -OCH3 is 1. The minimum absolute atomic E-state index is 0.0994. The molecule has 3 N–H and O–H groups in total. The van der Waals surface area contributed by atoms with Gasteiger partial charge in [0.05, 0.1) is 30.5 Å². The van der Waals surface area contributed by atoms with E-state index in [4.69, 9.17) is 15.3 Å². The zero-order valence-electron chi connectivity index (χ0n) is 10.4. The van der Waals surface area contributed by atoms with Gasteiger partial charge in [0.15, 0.2) is 17.3 Å². The van der Waals surface area contributed by atoms with Crippen LogP contribution in [0.25, 0.3) is 0 Å². The molecule has 2 rings (SSSR count). The number of nitrogens with two attached hydrogens (primary N) is 1. The van der Waals surface area contributed by atoms with Crippen molar-refractivity contribution in [2.75, 3.05) is 12.5 Å². The molecule has 0 aliphatic rings. The molecule has 0 radical (unpaired) electrons. The van der Waals surface area contributed by atoms with E-state index in [1.165, 1.54) is 37.7 Å². The molecule has 9 nitrogen and oxygen atoms in total. The van der Waals surface area contributed by atoms with E-state index in [2.05, 4.69) is 15.4 Å². The molecule has 0 amide bonds. The van der Waals surface area contributed by atoms with Crippen LogP contribution in [0.5, 0.6) is 17.4 Å². The lowest BCUT2D eigenvalue weighted by Crippen LogP contribution is -2.09. The van der Waals surface area contributed by atoms with Gasteiger partial charge in [0, 0.05) is 6.07 Å². The van der Waals surface area contributed by atoms with Crippen LogP contribution in [0.1, 0.15) is 0 Å². The number of nitrogen functional groups attached to an aromatic ring is 1. The number of aromatic nitrogens is 2. The van der Waals surface area contributed by atoms with Crippen LogP contribution in [-0.2, 0) is 0 Å². The second-order valence-electron chi connectivity index (χ2n) is 3.58. The number of hydrogen-bond donors (Lipinski definition) is 2. The van der Waals surface area contributed by atoms with Gasteiger partial charge in [-0.1, -0.05) is 0 Å². The Hall–Kier alpha value is -2.94. The average molecular weight is 277 g/mol. The summed E-state index contributed by atoms with van der Waals surface area (Å²) in [6.45, 7) is 0. The molecule has 0 atom stereocenters. The Morgan fingerprint density at radius 3 is 2.80 bits per heavy atom. The minimum atomic E-state index is -0.523. The van der Waals surface area contributed by atoms with Gasteiger partial charge in [-0.3, -0.25) is 15.1 Å². The van der Waals surface area contributed by atoms with Gasteiger partial charge in [-0.15, -0.1) is 0 Å². The first kappa shape index (κ1) is 13.5. The molecule has 0 unspecified atom stereocenters. The predicted molar refractivity (Wildman–Crippen MR) is 69.6 cm³/mol. The van der Waals surface area contributed by atoms with Crippen molar-refractivity contribution < 1.29 is 14.4 Å². The van der Waals surface area contributed by atoms with Crippen molar-refractivity contribution in [3.8, 4) is 17.4 Å². The summed E-state index contributed by atoms with van der Waals surface area (Å²) in [5.74, 6) is 6.20. The molecule has 0 saturated heterocycles. The van der Waals surface area contributed by atoms with Crippen LogP contribution in [0, 0.1) is 10.1 Å². The molecule has 0 spiro atoms. The standard InChI is InChI=1S/C11H11N5O4/c1-19-9-4-7(16(17)18)2-3-8(9)20-11-6-13-5-10(14-11)15-12/h2-6H,12H2,1H3,(H,14,15). The van der Waals surface area contributed by atoms with Crippen LogP contribution < -0.4 is 20.7 Å². The fourth-order valence-corrected chi connectivity index (χ4v) is 1.43. The Morgan fingerprint density at radius 2 is 2.15 bits per heavy atom. The Morgan fingerprint density at radius 1 is 1.35 bits per heavy atom. The summed E-state index contributed by atoms with van der Waals surface area (Å²) in [7, 11) is 1.38. The van der Waals surface area contributed by atoms with E-state index < -0.39 is 4.92 Å². The third-order valence-electron chi connectivity index (χ3n) is 2.33. The highest BCUT2D eigenvalue weighted by Gasteiger charge is 2.13. The van der Waals surface area contributed by atoms with Gasteiger partial charge < -0.3 is 14.9 Å². The monoisotopic (exact) mass is 277 g/mol. The average Bonchev–Trinajstić information content (AvgIpc) is 2.47. The number of nitrogens with one attached hydrogen (secondary N) is 1. The number of hydrogen-bond acceptors (Lipinski definition) is 8. The number of ether oxygens (including phenoxy) is 2. The summed E-state index contributed by atoms with van der Waals surface area (Å²) in [5, 5.41) is 10.7. The largest absolute Gasteiger partial charge is 0.493 e. The molecule has 20 heavy (non-hydrogen) atoms. The van der Waals surface area contributed by atoms with Crippen LogP contribution in [0.4, 0.5) is 11.5 Å². The molecule has 9 heteroatoms. The third-order valence-corrected chi connectivity index (χ3v) is 2.33. The number of rotatable bonds is 5. The lowest BCUT2D eigenvalue weighted by atomic mass is 10.3. The summed E-state index contributed by atoms with van der Waals surface area (Å²) in [6.07, 6.45) is 2.79. The summed E-state index contributed by atoms with van der Waals surface area (Å²) >= 11 is 0. The van der Waals surface area contributed by atoms with E-state index >= 15 is 0 Å². The van der Waals surface area contributed by atoms with Gasteiger partial charge >= 0.3 is 0 Å². The molecule has 0 aliphatic carbocycles. The second kappa shape index (κ2) is 5.80. The van der Waals surface area contributed by atoms with Crippen molar-refractivity contribution in [3.63, 3.8) is 0 Å². The van der Waals surface area contributed by atoms with Crippen molar-refractivity contribution in [2.24, 2.45) is 5.84 Å². The summed E-state index contributed by atoms with van der Waals surface area (Å²) < 4.78 is 10.5. The van der Waals surface area contributed by atoms with E-state index in [-0.39, 0.29) is 23.1 Å². The number of nitrogens with zero attached hydrogens (tertiary/aromatic N) is 3. The summed E-state index contributed by atoms with van der Waals surface area (Å²) in [6, 6.07) is 3.98. The number of nitro groups is 1. The molecule has 0 bridgehead atoms. The van der Waals surface area contributed by atoms with Crippen molar-refractivity contribution in [3.05, 3.63) is 40.7 Å². The first-order valence-electron chi connectivity index (χ1n) is 5.43. The van der Waals surface area contributed by atoms with Gasteiger partial charge in [0.25, 0.3) is 5.69 Å². The number of hydrazine groups is 1. The Kier molecular flexibility index (Phi) is 3.91. The lowest BCUT2D eigenvalue weighted by molar-refractivity contribution is -0.384. The fraction of sp³-hybridized carbons (Fsp3) is 0.0909. The Bertz CT molecular complexity index is 634. The Balaban J connectivity index is 2.30. The summed E-state index contributed by atoms with van der Waals surface area (Å²) in [4.78, 5) is 18.0. The van der Waals surface area contributed by atoms with E-state index in [1.54, 1.807) is 0 Å². The first-order valence-corrected chi connectivity index (χ1v) is 5.43. The number of benzene rings is 1. The molecule has 104 valence electrons. The first-order chi connectivity index (χ1) is 9.63. The predicted octanol–water partition coefficient (Wildman–Crippen LogP) is 1.47. The van der Waals surface area contributed by atoms with Crippen LogP contribution in [-0.4, -0.2) is 22.0 Å². The topological polar surface area (TPSA) is 125 Å². The van der Waals surface area contributed by atoms with Gasteiger partial charge in [-0.2, -0.15) is 4.98 Å². The highest BCUT2D eigenvalue weighted by Crippen LogP contribution is 2.33. The van der Waals surface area contributed by atoms with Crippen LogP contribution in [0.15, 0.2) is 30.6 Å². The smallest absolute Gasteiger partial charge is 0.273 e. The number of anilines is 1. The summed E-state index contributed by atoms with van der Waals surface area (Å²) in [5.41, 5.74) is 2.23. The Labute approximate surface area is 113 Å². The molecule has 0 saturated carbocycles. The molecular formula is C11H11N5O4.